The fourth-order valence-electron chi connectivity index (χ4n) is 1.53. The molecule has 0 amide bonds. The SMILES string of the molecule is CCNCCCNc1nc2ccccc2o1. The van der Waals surface area contributed by atoms with Crippen molar-refractivity contribution in [3.63, 3.8) is 0 Å². The van der Waals surface area contributed by atoms with Crippen LogP contribution >= 0.6 is 0 Å². The van der Waals surface area contributed by atoms with Crippen molar-refractivity contribution in [1.29, 1.82) is 0 Å². The van der Waals surface area contributed by atoms with E-state index in [1.165, 1.54) is 0 Å². The summed E-state index contributed by atoms with van der Waals surface area (Å²) in [7, 11) is 0. The highest BCUT2D eigenvalue weighted by atomic mass is 16.4. The van der Waals surface area contributed by atoms with Gasteiger partial charge in [-0.1, -0.05) is 19.1 Å². The fraction of sp³-hybridized carbons (Fsp3) is 0.417. The molecular weight excluding hydrogens is 202 g/mol. The van der Waals surface area contributed by atoms with E-state index in [0.29, 0.717) is 6.01 Å². The minimum absolute atomic E-state index is 0.609. The molecule has 0 saturated heterocycles. The number of nitrogens with one attached hydrogen (secondary N) is 2. The van der Waals surface area contributed by atoms with Gasteiger partial charge in [0.25, 0.3) is 6.01 Å². The molecule has 86 valence electrons. The van der Waals surface area contributed by atoms with Crippen molar-refractivity contribution >= 4 is 17.1 Å². The quantitative estimate of drug-likeness (QED) is 0.731. The van der Waals surface area contributed by atoms with Crippen LogP contribution in [-0.4, -0.2) is 24.6 Å². The Morgan fingerprint density at radius 1 is 1.25 bits per heavy atom. The zero-order valence-electron chi connectivity index (χ0n) is 9.49. The number of hydrogen-bond donors (Lipinski definition) is 2. The maximum atomic E-state index is 5.53. The van der Waals surface area contributed by atoms with Gasteiger partial charge in [-0.05, 0) is 31.6 Å². The molecule has 0 aliphatic carbocycles. The van der Waals surface area contributed by atoms with Crippen LogP contribution in [0, 0.1) is 0 Å². The smallest absolute Gasteiger partial charge is 0.295 e. The summed E-state index contributed by atoms with van der Waals surface area (Å²) in [5.74, 6) is 0. The molecule has 4 heteroatoms. The van der Waals surface area contributed by atoms with Crippen molar-refractivity contribution in [2.75, 3.05) is 25.0 Å². The van der Waals surface area contributed by atoms with E-state index in [0.717, 1.165) is 37.2 Å². The summed E-state index contributed by atoms with van der Waals surface area (Å²) in [6.07, 6.45) is 1.06. The van der Waals surface area contributed by atoms with E-state index >= 15 is 0 Å². The van der Waals surface area contributed by atoms with Gasteiger partial charge in [-0.25, -0.2) is 0 Å². The normalized spacial score (nSPS) is 10.8. The third-order valence-corrected chi connectivity index (χ3v) is 2.35. The molecule has 2 aromatic rings. The Bertz CT molecular complexity index is 406. The minimum Gasteiger partial charge on any atom is -0.424 e. The van der Waals surface area contributed by atoms with E-state index in [1.807, 2.05) is 24.3 Å². The van der Waals surface area contributed by atoms with E-state index in [2.05, 4.69) is 22.5 Å². The molecule has 1 heterocycles. The molecule has 1 aromatic heterocycles. The molecule has 0 fully saturated rings. The Balaban J connectivity index is 1.85. The van der Waals surface area contributed by atoms with E-state index in [4.69, 9.17) is 4.42 Å². The summed E-state index contributed by atoms with van der Waals surface area (Å²) >= 11 is 0. The van der Waals surface area contributed by atoms with Gasteiger partial charge in [0.1, 0.15) is 5.52 Å². The average molecular weight is 219 g/mol. The Morgan fingerprint density at radius 2 is 2.12 bits per heavy atom. The highest BCUT2D eigenvalue weighted by molar-refractivity contribution is 5.74. The highest BCUT2D eigenvalue weighted by Gasteiger charge is 2.02. The number of benzene rings is 1. The van der Waals surface area contributed by atoms with Crippen molar-refractivity contribution in [3.05, 3.63) is 24.3 Å². The van der Waals surface area contributed by atoms with Crippen molar-refractivity contribution in [2.45, 2.75) is 13.3 Å². The second kappa shape index (κ2) is 5.51. The van der Waals surface area contributed by atoms with E-state index < -0.39 is 0 Å². The number of fused-ring (bicyclic) bond motifs is 1. The van der Waals surface area contributed by atoms with Gasteiger partial charge >= 0.3 is 0 Å². The van der Waals surface area contributed by atoms with Gasteiger partial charge in [0.15, 0.2) is 5.58 Å². The molecule has 0 aliphatic rings. The van der Waals surface area contributed by atoms with Gasteiger partial charge in [0.2, 0.25) is 0 Å². The van der Waals surface area contributed by atoms with Crippen LogP contribution in [-0.2, 0) is 0 Å². The number of anilines is 1. The molecule has 2 rings (SSSR count). The molecular formula is C12H17N3O. The first kappa shape index (κ1) is 11.0. The van der Waals surface area contributed by atoms with E-state index in [1.54, 1.807) is 0 Å². The molecule has 16 heavy (non-hydrogen) atoms. The van der Waals surface area contributed by atoms with Crippen molar-refractivity contribution in [1.82, 2.24) is 10.3 Å². The first-order chi connectivity index (χ1) is 7.90. The predicted molar refractivity (Wildman–Crippen MR) is 65.7 cm³/mol. The van der Waals surface area contributed by atoms with E-state index in [9.17, 15) is 0 Å². The molecule has 0 radical (unpaired) electrons. The van der Waals surface area contributed by atoms with Crippen LogP contribution in [0.3, 0.4) is 0 Å². The minimum atomic E-state index is 0.609. The maximum absolute atomic E-state index is 5.53. The Labute approximate surface area is 95.1 Å². The highest BCUT2D eigenvalue weighted by Crippen LogP contribution is 2.17. The summed E-state index contributed by atoms with van der Waals surface area (Å²) < 4.78 is 5.53. The lowest BCUT2D eigenvalue weighted by atomic mass is 10.3. The third-order valence-electron chi connectivity index (χ3n) is 2.35. The van der Waals surface area contributed by atoms with Crippen LogP contribution in [0.2, 0.25) is 0 Å². The van der Waals surface area contributed by atoms with Gasteiger partial charge < -0.3 is 15.1 Å². The zero-order chi connectivity index (χ0) is 11.2. The topological polar surface area (TPSA) is 50.1 Å². The standard InChI is InChI=1S/C12H17N3O/c1-2-13-8-5-9-14-12-15-10-6-3-4-7-11(10)16-12/h3-4,6-7,13H,2,5,8-9H2,1H3,(H,14,15). The molecule has 1 aromatic carbocycles. The zero-order valence-corrected chi connectivity index (χ0v) is 9.49. The number of nitrogens with zero attached hydrogens (tertiary/aromatic N) is 1. The van der Waals surface area contributed by atoms with Crippen LogP contribution in [0.25, 0.3) is 11.1 Å². The summed E-state index contributed by atoms with van der Waals surface area (Å²) in [5, 5.41) is 6.45. The van der Waals surface area contributed by atoms with Crippen LogP contribution in [0.4, 0.5) is 6.01 Å². The van der Waals surface area contributed by atoms with Crippen LogP contribution < -0.4 is 10.6 Å². The largest absolute Gasteiger partial charge is 0.424 e. The number of hydrogen-bond acceptors (Lipinski definition) is 4. The first-order valence-electron chi connectivity index (χ1n) is 5.70. The van der Waals surface area contributed by atoms with Gasteiger partial charge in [-0.15, -0.1) is 0 Å². The number of rotatable bonds is 6. The molecule has 0 saturated carbocycles. The van der Waals surface area contributed by atoms with E-state index in [-0.39, 0.29) is 0 Å². The maximum Gasteiger partial charge on any atom is 0.295 e. The van der Waals surface area contributed by atoms with Crippen molar-refractivity contribution in [2.24, 2.45) is 0 Å². The Morgan fingerprint density at radius 3 is 2.94 bits per heavy atom. The second-order valence-corrected chi connectivity index (χ2v) is 3.62. The number of aromatic nitrogens is 1. The first-order valence-corrected chi connectivity index (χ1v) is 5.70. The predicted octanol–water partition coefficient (Wildman–Crippen LogP) is 2.24. The van der Waals surface area contributed by atoms with Gasteiger partial charge in [-0.3, -0.25) is 0 Å². The second-order valence-electron chi connectivity index (χ2n) is 3.62. The van der Waals surface area contributed by atoms with Crippen LogP contribution in [0.5, 0.6) is 0 Å². The molecule has 0 spiro atoms. The molecule has 0 unspecified atom stereocenters. The molecule has 0 aliphatic heterocycles. The number of para-hydroxylation sites is 2. The molecule has 0 bridgehead atoms. The average Bonchev–Trinajstić information content (AvgIpc) is 2.71. The Kier molecular flexibility index (Phi) is 3.77. The van der Waals surface area contributed by atoms with Gasteiger partial charge in [0.05, 0.1) is 0 Å². The fourth-order valence-corrected chi connectivity index (χ4v) is 1.53. The third kappa shape index (κ3) is 2.73. The summed E-state index contributed by atoms with van der Waals surface area (Å²) in [5.41, 5.74) is 1.73. The number of oxazole rings is 1. The molecule has 0 atom stereocenters. The molecule has 4 nitrogen and oxygen atoms in total. The summed E-state index contributed by atoms with van der Waals surface area (Å²) in [4.78, 5) is 4.33. The molecule has 2 N–H and O–H groups in total. The van der Waals surface area contributed by atoms with Gasteiger partial charge in [-0.2, -0.15) is 4.98 Å². The lowest BCUT2D eigenvalue weighted by Gasteiger charge is -2.01. The van der Waals surface area contributed by atoms with Crippen LogP contribution in [0.1, 0.15) is 13.3 Å². The van der Waals surface area contributed by atoms with Crippen molar-refractivity contribution in [3.8, 4) is 0 Å². The summed E-state index contributed by atoms with van der Waals surface area (Å²) in [6.45, 7) is 5.01. The van der Waals surface area contributed by atoms with Crippen LogP contribution in [0.15, 0.2) is 28.7 Å². The monoisotopic (exact) mass is 219 g/mol. The van der Waals surface area contributed by atoms with Gasteiger partial charge in [0, 0.05) is 6.54 Å². The lowest BCUT2D eigenvalue weighted by molar-refractivity contribution is 0.607. The summed E-state index contributed by atoms with van der Waals surface area (Å²) in [6, 6.07) is 8.38. The lowest BCUT2D eigenvalue weighted by Crippen LogP contribution is -2.17. The van der Waals surface area contributed by atoms with Crippen molar-refractivity contribution < 1.29 is 4.42 Å². The Hall–Kier alpha value is -1.55.